The van der Waals surface area contributed by atoms with Crippen LogP contribution in [0.3, 0.4) is 0 Å². The Kier molecular flexibility index (Phi) is 6.23. The Morgan fingerprint density at radius 2 is 2.10 bits per heavy atom. The molecule has 0 unspecified atom stereocenters. The first-order chi connectivity index (χ1) is 9.58. The van der Waals surface area contributed by atoms with Crippen molar-refractivity contribution in [1.29, 1.82) is 5.41 Å². The van der Waals surface area contributed by atoms with E-state index in [9.17, 15) is 4.79 Å². The molecule has 0 bridgehead atoms. The van der Waals surface area contributed by atoms with E-state index in [0.29, 0.717) is 36.2 Å². The lowest BCUT2D eigenvalue weighted by Crippen LogP contribution is -2.15. The van der Waals surface area contributed by atoms with Gasteiger partial charge < -0.3 is 22.5 Å². The van der Waals surface area contributed by atoms with Crippen molar-refractivity contribution in [2.24, 2.45) is 17.2 Å². The van der Waals surface area contributed by atoms with Gasteiger partial charge >= 0.3 is 0 Å². The number of amidine groups is 1. The first-order valence-electron chi connectivity index (χ1n) is 6.25. The number of rotatable bonds is 5. The van der Waals surface area contributed by atoms with Gasteiger partial charge in [-0.3, -0.25) is 10.2 Å². The number of nitrogens with two attached hydrogens (primary N) is 3. The highest BCUT2D eigenvalue weighted by molar-refractivity contribution is 5.99. The normalized spacial score (nSPS) is 9.50. The first kappa shape index (κ1) is 15.7. The lowest BCUT2D eigenvalue weighted by atomic mass is 10.1. The van der Waals surface area contributed by atoms with Crippen LogP contribution in [0.25, 0.3) is 0 Å². The van der Waals surface area contributed by atoms with Gasteiger partial charge in [-0.25, -0.2) is 0 Å². The van der Waals surface area contributed by atoms with Gasteiger partial charge in [0.05, 0.1) is 6.54 Å². The predicted molar refractivity (Wildman–Crippen MR) is 80.3 cm³/mol. The Balaban J connectivity index is 2.94. The Bertz CT molecular complexity index is 556. The number of carbonyl (C=O) groups excluding carboxylic acids is 1. The summed E-state index contributed by atoms with van der Waals surface area (Å²) in [4.78, 5) is 11.6. The molecule has 0 fully saturated rings. The van der Waals surface area contributed by atoms with Crippen LogP contribution in [0.5, 0.6) is 0 Å². The van der Waals surface area contributed by atoms with E-state index in [1.54, 1.807) is 18.2 Å². The molecule has 0 saturated heterocycles. The zero-order valence-corrected chi connectivity index (χ0v) is 11.2. The summed E-state index contributed by atoms with van der Waals surface area (Å²) in [5.41, 5.74) is 17.9. The topological polar surface area (TPSA) is 131 Å². The zero-order chi connectivity index (χ0) is 15.0. The Morgan fingerprint density at radius 3 is 2.70 bits per heavy atom. The molecule has 20 heavy (non-hydrogen) atoms. The average Bonchev–Trinajstić information content (AvgIpc) is 2.42. The molecule has 0 aliphatic heterocycles. The minimum Gasteiger partial charge on any atom is -0.384 e. The number of nitrogens with one attached hydrogen (secondary N) is 2. The summed E-state index contributed by atoms with van der Waals surface area (Å²) in [6.45, 7) is 0.689. The fraction of sp³-hybridized carbons (Fsp3) is 0.286. The largest absolute Gasteiger partial charge is 0.384 e. The van der Waals surface area contributed by atoms with Crippen LogP contribution in [0.1, 0.15) is 24.0 Å². The summed E-state index contributed by atoms with van der Waals surface area (Å²) in [5.74, 6) is 5.37. The molecule has 1 amide bonds. The predicted octanol–water partition coefficient (Wildman–Crippen LogP) is -0.0417. The van der Waals surface area contributed by atoms with E-state index in [2.05, 4.69) is 17.2 Å². The first-order valence-corrected chi connectivity index (χ1v) is 6.25. The van der Waals surface area contributed by atoms with Crippen LogP contribution in [0, 0.1) is 17.3 Å². The highest BCUT2D eigenvalue weighted by Gasteiger charge is 2.07. The average molecular weight is 273 g/mol. The monoisotopic (exact) mass is 273 g/mol. The number of amides is 1. The fourth-order valence-electron chi connectivity index (χ4n) is 1.59. The van der Waals surface area contributed by atoms with Gasteiger partial charge in [0.25, 0.3) is 0 Å². The van der Waals surface area contributed by atoms with Gasteiger partial charge in [0.2, 0.25) is 5.91 Å². The zero-order valence-electron chi connectivity index (χ0n) is 11.2. The summed E-state index contributed by atoms with van der Waals surface area (Å²) >= 11 is 0. The SMILES string of the molecule is N=C(N)c1ccc(NC(=O)CCCN)cc1C#CCN. The molecular formula is C14H19N5O. The quantitative estimate of drug-likeness (QED) is 0.292. The minimum atomic E-state index is -0.108. The Hall–Kier alpha value is -2.36. The highest BCUT2D eigenvalue weighted by Crippen LogP contribution is 2.15. The van der Waals surface area contributed by atoms with Crippen molar-refractivity contribution in [3.8, 4) is 11.8 Å². The third kappa shape index (κ3) is 4.72. The lowest BCUT2D eigenvalue weighted by Gasteiger charge is -2.08. The highest BCUT2D eigenvalue weighted by atomic mass is 16.1. The molecule has 0 saturated carbocycles. The number of hydrogen-bond acceptors (Lipinski definition) is 4. The van der Waals surface area contributed by atoms with Crippen LogP contribution in [0.4, 0.5) is 5.69 Å². The van der Waals surface area contributed by atoms with Crippen molar-refractivity contribution in [1.82, 2.24) is 0 Å². The van der Waals surface area contributed by atoms with Crippen molar-refractivity contribution >= 4 is 17.4 Å². The molecule has 0 spiro atoms. The second-order valence-electron chi connectivity index (χ2n) is 4.12. The smallest absolute Gasteiger partial charge is 0.224 e. The standard InChI is InChI=1S/C14H19N5O/c15-7-1-3-10-9-11(5-6-12(10)14(17)18)19-13(20)4-2-8-16/h5-6,9H,2,4,7-8,15-16H2,(H3,17,18)(H,19,20). The van der Waals surface area contributed by atoms with Crippen molar-refractivity contribution in [2.45, 2.75) is 12.8 Å². The molecule has 1 aromatic rings. The molecule has 0 heterocycles. The number of hydrogen-bond donors (Lipinski definition) is 5. The molecule has 6 heteroatoms. The second-order valence-corrected chi connectivity index (χ2v) is 4.12. The number of nitrogen functional groups attached to an aromatic ring is 1. The van der Waals surface area contributed by atoms with Gasteiger partial charge in [-0.2, -0.15) is 0 Å². The van der Waals surface area contributed by atoms with E-state index < -0.39 is 0 Å². The fourth-order valence-corrected chi connectivity index (χ4v) is 1.59. The van der Waals surface area contributed by atoms with Gasteiger partial charge in [-0.15, -0.1) is 0 Å². The van der Waals surface area contributed by atoms with E-state index >= 15 is 0 Å². The van der Waals surface area contributed by atoms with Crippen molar-refractivity contribution < 1.29 is 4.79 Å². The second kappa shape index (κ2) is 7.94. The molecule has 1 rings (SSSR count). The van der Waals surface area contributed by atoms with Crippen LogP contribution in [0.15, 0.2) is 18.2 Å². The van der Waals surface area contributed by atoms with Gasteiger partial charge in [0, 0.05) is 23.2 Å². The van der Waals surface area contributed by atoms with Crippen LogP contribution in [-0.2, 0) is 4.79 Å². The number of benzene rings is 1. The maximum Gasteiger partial charge on any atom is 0.224 e. The maximum absolute atomic E-state index is 11.6. The van der Waals surface area contributed by atoms with Crippen LogP contribution in [0.2, 0.25) is 0 Å². The molecule has 0 aliphatic rings. The maximum atomic E-state index is 11.6. The lowest BCUT2D eigenvalue weighted by molar-refractivity contribution is -0.116. The van der Waals surface area contributed by atoms with Crippen LogP contribution < -0.4 is 22.5 Å². The van der Waals surface area contributed by atoms with E-state index in [1.807, 2.05) is 0 Å². The summed E-state index contributed by atoms with van der Waals surface area (Å²) in [6.07, 6.45) is 1.01. The van der Waals surface area contributed by atoms with Crippen molar-refractivity contribution in [3.63, 3.8) is 0 Å². The summed E-state index contributed by atoms with van der Waals surface area (Å²) in [7, 11) is 0. The number of anilines is 1. The molecule has 0 aliphatic carbocycles. The third-order valence-electron chi connectivity index (χ3n) is 2.53. The van der Waals surface area contributed by atoms with Crippen LogP contribution in [-0.4, -0.2) is 24.8 Å². The minimum absolute atomic E-state index is 0.0765. The molecule has 0 radical (unpaired) electrons. The van der Waals surface area contributed by atoms with E-state index in [-0.39, 0.29) is 18.3 Å². The van der Waals surface area contributed by atoms with Crippen LogP contribution >= 0.6 is 0 Å². The van der Waals surface area contributed by atoms with E-state index in [4.69, 9.17) is 22.6 Å². The summed E-state index contributed by atoms with van der Waals surface area (Å²) < 4.78 is 0. The third-order valence-corrected chi connectivity index (χ3v) is 2.53. The number of carbonyl (C=O) groups is 1. The van der Waals surface area contributed by atoms with Crippen molar-refractivity contribution in [2.75, 3.05) is 18.4 Å². The van der Waals surface area contributed by atoms with E-state index in [0.717, 1.165) is 0 Å². The molecule has 1 aromatic carbocycles. The summed E-state index contributed by atoms with van der Waals surface area (Å²) in [5, 5.41) is 10.2. The molecular weight excluding hydrogens is 254 g/mol. The Labute approximate surface area is 118 Å². The van der Waals surface area contributed by atoms with E-state index in [1.165, 1.54) is 0 Å². The van der Waals surface area contributed by atoms with Gasteiger partial charge in [-0.1, -0.05) is 11.8 Å². The van der Waals surface area contributed by atoms with Gasteiger partial charge in [0.15, 0.2) is 0 Å². The molecule has 106 valence electrons. The molecule has 8 N–H and O–H groups in total. The van der Waals surface area contributed by atoms with Crippen molar-refractivity contribution in [3.05, 3.63) is 29.3 Å². The molecule has 0 aromatic heterocycles. The Morgan fingerprint density at radius 1 is 1.35 bits per heavy atom. The van der Waals surface area contributed by atoms with Gasteiger partial charge in [-0.05, 0) is 31.2 Å². The molecule has 6 nitrogen and oxygen atoms in total. The summed E-state index contributed by atoms with van der Waals surface area (Å²) in [6, 6.07) is 5.02. The van der Waals surface area contributed by atoms with Gasteiger partial charge in [0.1, 0.15) is 5.84 Å². The molecule has 0 atom stereocenters.